The molecule has 24 heavy (non-hydrogen) atoms. The monoisotopic (exact) mass is 336 g/mol. The molecule has 0 bridgehead atoms. The van der Waals surface area contributed by atoms with Crippen LogP contribution < -0.4 is 15.1 Å². The van der Waals surface area contributed by atoms with Crippen LogP contribution >= 0.6 is 0 Å². The normalized spacial score (nSPS) is 15.9. The van der Waals surface area contributed by atoms with Crippen LogP contribution in [-0.4, -0.2) is 51.8 Å². The molecular weight excluding hydrogens is 310 g/mol. The van der Waals surface area contributed by atoms with E-state index in [1.54, 1.807) is 14.0 Å². The van der Waals surface area contributed by atoms with Crippen LogP contribution in [-0.2, 0) is 16.0 Å². The highest BCUT2D eigenvalue weighted by Gasteiger charge is 2.17. The Hall–Kier alpha value is -2.12. The number of nitrogens with zero attached hydrogens (tertiary/aromatic N) is 1. The number of carbonyl (C=O) groups excluding carboxylic acids is 1. The number of amides is 1. The molecule has 0 aromatic heterocycles. The summed E-state index contributed by atoms with van der Waals surface area (Å²) in [5.74, 6) is 0.865. The highest BCUT2D eigenvalue weighted by Crippen LogP contribution is 2.19. The first kappa shape index (κ1) is 18.2. The zero-order chi connectivity index (χ0) is 17.4. The molecule has 1 heterocycles. The van der Waals surface area contributed by atoms with Crippen molar-refractivity contribution >= 4 is 11.8 Å². The molecule has 0 aliphatic carbocycles. The van der Waals surface area contributed by atoms with Crippen molar-refractivity contribution in [3.05, 3.63) is 29.3 Å². The van der Waals surface area contributed by atoms with Gasteiger partial charge >= 0.3 is 6.09 Å². The van der Waals surface area contributed by atoms with Crippen LogP contribution in [0, 0.1) is 0 Å². The van der Waals surface area contributed by atoms with Crippen LogP contribution in [0.1, 0.15) is 25.0 Å². The molecule has 0 spiro atoms. The third kappa shape index (κ3) is 5.21. The Morgan fingerprint density at radius 1 is 1.38 bits per heavy atom. The summed E-state index contributed by atoms with van der Waals surface area (Å²) in [5.41, 5.74) is 5.16. The number of morpholine rings is 1. The van der Waals surface area contributed by atoms with Crippen LogP contribution in [0.25, 0.3) is 0 Å². The first-order valence-corrected chi connectivity index (χ1v) is 8.19. The third-order valence-electron chi connectivity index (χ3n) is 3.93. The maximum absolute atomic E-state index is 11.3. The number of ether oxygens (including phenoxy) is 3. The topological polar surface area (TPSA) is 73.6 Å². The predicted octanol–water partition coefficient (Wildman–Crippen LogP) is 0.580. The molecule has 7 nitrogen and oxygen atoms in total. The molecular formula is C17H26N3O4+. The molecule has 1 aromatic carbocycles. The highest BCUT2D eigenvalue weighted by atomic mass is 16.5. The van der Waals surface area contributed by atoms with Gasteiger partial charge in [0.25, 0.3) is 0 Å². The molecule has 0 unspecified atom stereocenters. The van der Waals surface area contributed by atoms with Gasteiger partial charge in [0, 0.05) is 5.56 Å². The molecule has 132 valence electrons. The van der Waals surface area contributed by atoms with Gasteiger partial charge in [-0.2, -0.15) is 5.10 Å². The molecule has 2 N–H and O–H groups in total. The van der Waals surface area contributed by atoms with Crippen LogP contribution in [0.5, 0.6) is 5.75 Å². The lowest BCUT2D eigenvalue weighted by Gasteiger charge is -2.24. The number of nitrogens with one attached hydrogen (secondary N) is 2. The fourth-order valence-corrected chi connectivity index (χ4v) is 2.61. The Morgan fingerprint density at radius 3 is 2.79 bits per heavy atom. The van der Waals surface area contributed by atoms with E-state index >= 15 is 0 Å². The van der Waals surface area contributed by atoms with Crippen LogP contribution in [0.15, 0.2) is 23.3 Å². The van der Waals surface area contributed by atoms with Gasteiger partial charge in [0.2, 0.25) is 0 Å². The van der Waals surface area contributed by atoms with Crippen molar-refractivity contribution < 1.29 is 23.9 Å². The van der Waals surface area contributed by atoms with Gasteiger partial charge < -0.3 is 19.1 Å². The Labute approximate surface area is 142 Å². The first-order chi connectivity index (χ1) is 11.6. The number of quaternary nitrogens is 1. The maximum Gasteiger partial charge on any atom is 0.427 e. The van der Waals surface area contributed by atoms with E-state index in [0.29, 0.717) is 12.3 Å². The van der Waals surface area contributed by atoms with E-state index in [2.05, 4.69) is 16.6 Å². The third-order valence-corrected chi connectivity index (χ3v) is 3.93. The zero-order valence-corrected chi connectivity index (χ0v) is 14.6. The molecule has 1 aliphatic rings. The van der Waals surface area contributed by atoms with E-state index in [1.165, 1.54) is 4.90 Å². The first-order valence-electron chi connectivity index (χ1n) is 8.19. The Balaban J connectivity index is 2.11. The highest BCUT2D eigenvalue weighted by molar-refractivity contribution is 5.99. The smallest absolute Gasteiger partial charge is 0.427 e. The van der Waals surface area contributed by atoms with Crippen molar-refractivity contribution in [1.29, 1.82) is 0 Å². The maximum atomic E-state index is 11.3. The quantitative estimate of drug-likeness (QED) is 0.589. The molecule has 1 aliphatic heterocycles. The van der Waals surface area contributed by atoms with Crippen LogP contribution in [0.3, 0.4) is 0 Å². The average Bonchev–Trinajstić information content (AvgIpc) is 2.61. The molecule has 1 aromatic rings. The van der Waals surface area contributed by atoms with Gasteiger partial charge in [0.1, 0.15) is 25.4 Å². The number of carbonyl (C=O) groups is 1. The summed E-state index contributed by atoms with van der Waals surface area (Å²) in [6.07, 6.45) is -0.552. The number of methoxy groups -OCH3 is 1. The fourth-order valence-electron chi connectivity index (χ4n) is 2.61. The Kier molecular flexibility index (Phi) is 7.02. The Morgan fingerprint density at radius 2 is 2.12 bits per heavy atom. The van der Waals surface area contributed by atoms with Crippen molar-refractivity contribution in [2.75, 3.05) is 40.0 Å². The van der Waals surface area contributed by atoms with Gasteiger partial charge in [-0.15, -0.1) is 0 Å². The second kappa shape index (κ2) is 9.24. The second-order valence-electron chi connectivity index (χ2n) is 5.60. The Bertz CT molecular complexity index is 583. The van der Waals surface area contributed by atoms with Gasteiger partial charge in [-0.05, 0) is 37.6 Å². The minimum atomic E-state index is -0.552. The van der Waals surface area contributed by atoms with E-state index in [0.717, 1.165) is 49.7 Å². The molecule has 2 rings (SSSR count). The predicted molar refractivity (Wildman–Crippen MR) is 90.6 cm³/mol. The van der Waals surface area contributed by atoms with Gasteiger partial charge in [-0.3, -0.25) is 0 Å². The lowest BCUT2D eigenvalue weighted by molar-refractivity contribution is -0.921. The lowest BCUT2D eigenvalue weighted by atomic mass is 10.1. The van der Waals surface area contributed by atoms with Gasteiger partial charge in [0.15, 0.2) is 0 Å². The van der Waals surface area contributed by atoms with E-state index < -0.39 is 6.09 Å². The van der Waals surface area contributed by atoms with Crippen LogP contribution in [0.4, 0.5) is 4.79 Å². The second-order valence-corrected chi connectivity index (χ2v) is 5.60. The van der Waals surface area contributed by atoms with E-state index in [4.69, 9.17) is 14.2 Å². The molecule has 1 amide bonds. The van der Waals surface area contributed by atoms with E-state index in [-0.39, 0.29) is 0 Å². The molecule has 1 fully saturated rings. The molecule has 1 saturated heterocycles. The summed E-state index contributed by atoms with van der Waals surface area (Å²) < 4.78 is 15.7. The number of hydrogen-bond donors (Lipinski definition) is 2. The number of rotatable bonds is 6. The SMILES string of the molecule is CCOC(=O)N/N=C(/C)c1ccc(OC)c(C[NH+]2CCOCC2)c1. The summed E-state index contributed by atoms with van der Waals surface area (Å²) in [7, 11) is 1.68. The van der Waals surface area contributed by atoms with E-state index in [9.17, 15) is 4.79 Å². The zero-order valence-electron chi connectivity index (χ0n) is 14.6. The molecule has 7 heteroatoms. The van der Waals surface area contributed by atoms with Crippen molar-refractivity contribution in [1.82, 2.24) is 5.43 Å². The summed E-state index contributed by atoms with van der Waals surface area (Å²) >= 11 is 0. The van der Waals surface area contributed by atoms with Gasteiger partial charge in [-0.25, -0.2) is 10.2 Å². The summed E-state index contributed by atoms with van der Waals surface area (Å²) in [5, 5.41) is 4.08. The number of hydrogen-bond acceptors (Lipinski definition) is 5. The van der Waals surface area contributed by atoms with Crippen molar-refractivity contribution in [3.63, 3.8) is 0 Å². The van der Waals surface area contributed by atoms with E-state index in [1.807, 2.05) is 19.1 Å². The van der Waals surface area contributed by atoms with Crippen LogP contribution in [0.2, 0.25) is 0 Å². The van der Waals surface area contributed by atoms with Gasteiger partial charge in [0.05, 0.1) is 32.6 Å². The minimum Gasteiger partial charge on any atom is -0.496 e. The van der Waals surface area contributed by atoms with Crippen molar-refractivity contribution in [3.8, 4) is 5.75 Å². The fraction of sp³-hybridized carbons (Fsp3) is 0.529. The van der Waals surface area contributed by atoms with Gasteiger partial charge in [-0.1, -0.05) is 0 Å². The standard InChI is InChI=1S/C17H25N3O4/c1-4-24-17(21)19-18-13(2)14-5-6-16(22-3)15(11-14)12-20-7-9-23-10-8-20/h5-6,11H,4,7-10,12H2,1-3H3,(H,19,21)/p+1/b18-13-. The van der Waals surface area contributed by atoms with Crippen molar-refractivity contribution in [2.24, 2.45) is 5.10 Å². The van der Waals surface area contributed by atoms with Crippen molar-refractivity contribution in [2.45, 2.75) is 20.4 Å². The average molecular weight is 336 g/mol. The molecule has 0 atom stereocenters. The summed E-state index contributed by atoms with van der Waals surface area (Å²) in [4.78, 5) is 12.8. The minimum absolute atomic E-state index is 0.315. The molecule has 0 saturated carbocycles. The number of benzene rings is 1. The lowest BCUT2D eigenvalue weighted by Crippen LogP contribution is -3.12. The molecule has 0 radical (unpaired) electrons. The summed E-state index contributed by atoms with van der Waals surface area (Å²) in [6.45, 7) is 8.35. The largest absolute Gasteiger partial charge is 0.496 e. The number of hydrazone groups is 1. The summed E-state index contributed by atoms with van der Waals surface area (Å²) in [6, 6.07) is 5.93.